The molecule has 0 radical (unpaired) electrons. The van der Waals surface area contributed by atoms with E-state index in [-0.39, 0.29) is 11.7 Å². The number of benzene rings is 2. The third kappa shape index (κ3) is 6.55. The maximum atomic E-state index is 13.2. The van der Waals surface area contributed by atoms with E-state index in [0.717, 1.165) is 44.0 Å². The van der Waals surface area contributed by atoms with Gasteiger partial charge in [-0.1, -0.05) is 30.3 Å². The van der Waals surface area contributed by atoms with Crippen LogP contribution in [-0.4, -0.2) is 23.9 Å². The number of nitrogens with one attached hydrogen (secondary N) is 1. The van der Waals surface area contributed by atoms with Crippen molar-refractivity contribution in [3.63, 3.8) is 0 Å². The molecule has 0 atom stereocenters. The lowest BCUT2D eigenvalue weighted by atomic mass is 9.91. The van der Waals surface area contributed by atoms with Gasteiger partial charge in [0.25, 0.3) is 0 Å². The fourth-order valence-electron chi connectivity index (χ4n) is 3.84. The smallest absolute Gasteiger partial charge is 0.352 e. The molecule has 1 aliphatic heterocycles. The predicted molar refractivity (Wildman–Crippen MR) is 107 cm³/mol. The Morgan fingerprint density at radius 1 is 1.03 bits per heavy atom. The molecule has 1 N–H and O–H groups in total. The molecule has 0 aromatic heterocycles. The maximum absolute atomic E-state index is 13.2. The van der Waals surface area contributed by atoms with Crippen LogP contribution in [0.25, 0.3) is 0 Å². The van der Waals surface area contributed by atoms with Gasteiger partial charge in [-0.25, -0.2) is 4.39 Å². The molecule has 30 heavy (non-hydrogen) atoms. The molecule has 3 nitrogen and oxygen atoms in total. The molecule has 162 valence electrons. The lowest BCUT2D eigenvalue weighted by molar-refractivity contribution is -0.138. The fourth-order valence-corrected chi connectivity index (χ4v) is 3.84. The van der Waals surface area contributed by atoms with Crippen molar-refractivity contribution in [2.45, 2.75) is 44.9 Å². The Kier molecular flexibility index (Phi) is 7.48. The van der Waals surface area contributed by atoms with Gasteiger partial charge in [0, 0.05) is 19.5 Å². The third-order valence-electron chi connectivity index (χ3n) is 5.61. The Labute approximate surface area is 174 Å². The molecule has 1 saturated heterocycles. The van der Waals surface area contributed by atoms with E-state index in [2.05, 4.69) is 10.2 Å². The molecule has 1 fully saturated rings. The summed E-state index contributed by atoms with van der Waals surface area (Å²) in [5.41, 5.74) is 0.589. The average Bonchev–Trinajstić information content (AvgIpc) is 2.72. The van der Waals surface area contributed by atoms with E-state index < -0.39 is 11.7 Å². The van der Waals surface area contributed by atoms with Crippen LogP contribution < -0.4 is 5.32 Å². The molecule has 2 aromatic carbocycles. The molecule has 0 unspecified atom stereocenters. The van der Waals surface area contributed by atoms with Crippen molar-refractivity contribution >= 4 is 5.91 Å². The van der Waals surface area contributed by atoms with E-state index in [4.69, 9.17) is 0 Å². The van der Waals surface area contributed by atoms with E-state index in [1.165, 1.54) is 18.2 Å². The highest BCUT2D eigenvalue weighted by Crippen LogP contribution is 2.33. The third-order valence-corrected chi connectivity index (χ3v) is 5.61. The Morgan fingerprint density at radius 2 is 1.70 bits per heavy atom. The normalized spacial score (nSPS) is 15.9. The highest BCUT2D eigenvalue weighted by Gasteiger charge is 2.33. The number of likely N-dealkylation sites (tertiary alicyclic amines) is 1. The van der Waals surface area contributed by atoms with Crippen molar-refractivity contribution in [2.24, 2.45) is 5.92 Å². The van der Waals surface area contributed by atoms with Crippen molar-refractivity contribution in [1.29, 1.82) is 0 Å². The molecule has 0 spiro atoms. The zero-order valence-corrected chi connectivity index (χ0v) is 16.7. The van der Waals surface area contributed by atoms with Crippen molar-refractivity contribution < 1.29 is 22.4 Å². The Hall–Kier alpha value is -2.41. The fraction of sp³-hybridized carbons (Fsp3) is 0.435. The van der Waals surface area contributed by atoms with Crippen molar-refractivity contribution in [2.75, 3.05) is 13.1 Å². The first-order valence-electron chi connectivity index (χ1n) is 10.2. The van der Waals surface area contributed by atoms with Crippen LogP contribution in [0, 0.1) is 11.7 Å². The number of amides is 1. The van der Waals surface area contributed by atoms with Gasteiger partial charge >= 0.3 is 6.18 Å². The SMILES string of the molecule is O=C(CCC1CCN(Cc2ccccc2C(F)(F)F)CC1)NCc1ccc(F)cc1. The number of carbonyl (C=O) groups excluding carboxylic acids is 1. The number of piperidine rings is 1. The van der Waals surface area contributed by atoms with E-state index in [1.54, 1.807) is 24.3 Å². The molecule has 0 saturated carbocycles. The van der Waals surface area contributed by atoms with Crippen LogP contribution in [0.1, 0.15) is 42.4 Å². The average molecular weight is 422 g/mol. The molecular weight excluding hydrogens is 396 g/mol. The number of carbonyl (C=O) groups is 1. The van der Waals surface area contributed by atoms with Gasteiger partial charge in [-0.15, -0.1) is 0 Å². The molecule has 0 bridgehead atoms. The molecule has 1 heterocycles. The topological polar surface area (TPSA) is 32.3 Å². The highest BCUT2D eigenvalue weighted by molar-refractivity contribution is 5.75. The number of rotatable bonds is 7. The van der Waals surface area contributed by atoms with Crippen LogP contribution in [0.4, 0.5) is 17.6 Å². The summed E-state index contributed by atoms with van der Waals surface area (Å²) in [6, 6.07) is 11.7. The van der Waals surface area contributed by atoms with Gasteiger partial charge in [-0.05, 0) is 67.6 Å². The first kappa shape index (κ1) is 22.3. The summed E-state index contributed by atoms with van der Waals surface area (Å²) >= 11 is 0. The quantitative estimate of drug-likeness (QED) is 0.626. The van der Waals surface area contributed by atoms with Gasteiger partial charge in [0.15, 0.2) is 0 Å². The van der Waals surface area contributed by atoms with E-state index in [9.17, 15) is 22.4 Å². The summed E-state index contributed by atoms with van der Waals surface area (Å²) < 4.78 is 52.4. The second-order valence-electron chi connectivity index (χ2n) is 7.82. The van der Waals surface area contributed by atoms with E-state index >= 15 is 0 Å². The van der Waals surface area contributed by atoms with Crippen LogP contribution in [-0.2, 0) is 24.1 Å². The number of alkyl halides is 3. The van der Waals surface area contributed by atoms with E-state index in [1.807, 2.05) is 0 Å². The van der Waals surface area contributed by atoms with Crippen LogP contribution >= 0.6 is 0 Å². The van der Waals surface area contributed by atoms with E-state index in [0.29, 0.717) is 31.0 Å². The zero-order chi connectivity index (χ0) is 21.6. The molecule has 1 amide bonds. The largest absolute Gasteiger partial charge is 0.416 e. The minimum Gasteiger partial charge on any atom is -0.352 e. The summed E-state index contributed by atoms with van der Waals surface area (Å²) in [4.78, 5) is 14.1. The first-order chi connectivity index (χ1) is 14.3. The molecular formula is C23H26F4N2O. The summed E-state index contributed by atoms with van der Waals surface area (Å²) in [7, 11) is 0. The lowest BCUT2D eigenvalue weighted by Gasteiger charge is -2.32. The standard InChI is InChI=1S/C23H26F4N2O/c24-20-8-5-18(6-9-20)15-28-22(30)10-7-17-11-13-29(14-12-17)16-19-3-1-2-4-21(19)23(25,26)27/h1-6,8-9,17H,7,10-16H2,(H,28,30). The second-order valence-corrected chi connectivity index (χ2v) is 7.82. The zero-order valence-electron chi connectivity index (χ0n) is 16.7. The summed E-state index contributed by atoms with van der Waals surface area (Å²) in [5, 5.41) is 2.84. The Bertz CT molecular complexity index is 828. The molecule has 2 aromatic rings. The molecule has 7 heteroatoms. The molecule has 1 aliphatic rings. The van der Waals surface area contributed by atoms with Gasteiger partial charge in [-0.3, -0.25) is 9.69 Å². The summed E-state index contributed by atoms with van der Waals surface area (Å²) in [6.07, 6.45) is -1.40. The summed E-state index contributed by atoms with van der Waals surface area (Å²) in [5.74, 6) is 0.0508. The highest BCUT2D eigenvalue weighted by atomic mass is 19.4. The van der Waals surface area contributed by atoms with Gasteiger partial charge < -0.3 is 5.32 Å². The van der Waals surface area contributed by atoms with Gasteiger partial charge in [-0.2, -0.15) is 13.2 Å². The monoisotopic (exact) mass is 422 g/mol. The summed E-state index contributed by atoms with van der Waals surface area (Å²) in [6.45, 7) is 2.12. The van der Waals surface area contributed by atoms with Gasteiger partial charge in [0.2, 0.25) is 5.91 Å². The molecule has 0 aliphatic carbocycles. The predicted octanol–water partition coefficient (Wildman–Crippen LogP) is 5.15. The number of hydrogen-bond donors (Lipinski definition) is 1. The van der Waals surface area contributed by atoms with Crippen LogP contribution in [0.15, 0.2) is 48.5 Å². The lowest BCUT2D eigenvalue weighted by Crippen LogP contribution is -2.34. The minimum atomic E-state index is -4.34. The van der Waals surface area contributed by atoms with Crippen LogP contribution in [0.5, 0.6) is 0 Å². The van der Waals surface area contributed by atoms with Gasteiger partial charge in [0.1, 0.15) is 5.82 Å². The van der Waals surface area contributed by atoms with Crippen molar-refractivity contribution in [3.8, 4) is 0 Å². The van der Waals surface area contributed by atoms with Crippen molar-refractivity contribution in [3.05, 3.63) is 71.0 Å². The first-order valence-corrected chi connectivity index (χ1v) is 10.2. The van der Waals surface area contributed by atoms with Crippen molar-refractivity contribution in [1.82, 2.24) is 10.2 Å². The number of hydrogen-bond acceptors (Lipinski definition) is 2. The minimum absolute atomic E-state index is 0.0409. The Balaban J connectivity index is 1.39. The van der Waals surface area contributed by atoms with Gasteiger partial charge in [0.05, 0.1) is 5.56 Å². The molecule has 3 rings (SSSR count). The maximum Gasteiger partial charge on any atom is 0.416 e. The Morgan fingerprint density at radius 3 is 2.37 bits per heavy atom. The number of halogens is 4. The second kappa shape index (κ2) is 10.1. The number of nitrogens with zero attached hydrogens (tertiary/aromatic N) is 1. The van der Waals surface area contributed by atoms with Crippen LogP contribution in [0.2, 0.25) is 0 Å². The van der Waals surface area contributed by atoms with Crippen LogP contribution in [0.3, 0.4) is 0 Å².